The number of rotatable bonds is 2. The number of nitrogens with two attached hydrogens (primary N) is 1. The molecule has 0 spiro atoms. The summed E-state index contributed by atoms with van der Waals surface area (Å²) in [5.74, 6) is -0.150. The number of amides is 1. The van der Waals surface area contributed by atoms with Gasteiger partial charge in [-0.15, -0.1) is 11.3 Å². The maximum Gasteiger partial charge on any atom is 0.265 e. The number of nitrogen functional groups attached to an aromatic ring is 1. The second-order valence-corrected chi connectivity index (χ2v) is 6.21. The van der Waals surface area contributed by atoms with E-state index in [0.29, 0.717) is 26.2 Å². The number of thiophene rings is 1. The van der Waals surface area contributed by atoms with E-state index in [1.165, 1.54) is 22.7 Å². The van der Waals surface area contributed by atoms with Gasteiger partial charge in [-0.25, -0.2) is 4.98 Å². The number of benzene rings is 1. The molecule has 0 unspecified atom stereocenters. The van der Waals surface area contributed by atoms with Crippen molar-refractivity contribution in [3.05, 3.63) is 39.5 Å². The highest BCUT2D eigenvalue weighted by atomic mass is 35.5. The number of nitrogens with zero attached hydrogens (tertiary/aromatic N) is 1. The summed E-state index contributed by atoms with van der Waals surface area (Å²) < 4.78 is 0.853. The van der Waals surface area contributed by atoms with Gasteiger partial charge in [0.15, 0.2) is 5.13 Å². The van der Waals surface area contributed by atoms with Gasteiger partial charge in [-0.3, -0.25) is 4.79 Å². The van der Waals surface area contributed by atoms with E-state index in [2.05, 4.69) is 10.3 Å². The van der Waals surface area contributed by atoms with Crippen LogP contribution < -0.4 is 11.1 Å². The van der Waals surface area contributed by atoms with Crippen molar-refractivity contribution >= 4 is 61.2 Å². The second-order valence-electron chi connectivity index (χ2n) is 3.79. The van der Waals surface area contributed by atoms with Crippen LogP contribution in [0.25, 0.3) is 10.2 Å². The van der Waals surface area contributed by atoms with Crippen LogP contribution in [0.5, 0.6) is 0 Å². The lowest BCUT2D eigenvalue weighted by atomic mass is 10.3. The number of fused-ring (bicyclic) bond motifs is 1. The number of anilines is 2. The molecule has 3 aromatic rings. The molecule has 3 rings (SSSR count). The Labute approximate surface area is 121 Å². The second kappa shape index (κ2) is 4.80. The smallest absolute Gasteiger partial charge is 0.265 e. The molecule has 0 bridgehead atoms. The first-order chi connectivity index (χ1) is 9.13. The summed E-state index contributed by atoms with van der Waals surface area (Å²) in [4.78, 5) is 16.7. The van der Waals surface area contributed by atoms with E-state index in [-0.39, 0.29) is 5.91 Å². The highest BCUT2D eigenvalue weighted by molar-refractivity contribution is 7.22. The topological polar surface area (TPSA) is 68.0 Å². The monoisotopic (exact) mass is 309 g/mol. The minimum atomic E-state index is -0.150. The molecule has 7 heteroatoms. The summed E-state index contributed by atoms with van der Waals surface area (Å²) in [5.41, 5.74) is 6.95. The Morgan fingerprint density at radius 3 is 3.00 bits per heavy atom. The largest absolute Gasteiger partial charge is 0.375 e. The first-order valence-corrected chi connectivity index (χ1v) is 7.41. The number of hydrogen-bond acceptors (Lipinski definition) is 5. The number of carbonyl (C=O) groups is 1. The molecule has 0 saturated carbocycles. The average molecular weight is 310 g/mol. The summed E-state index contributed by atoms with van der Waals surface area (Å²) in [6, 6.07) is 7.10. The molecule has 0 aliphatic heterocycles. The third-order valence-electron chi connectivity index (χ3n) is 2.47. The van der Waals surface area contributed by atoms with Crippen LogP contribution in [-0.4, -0.2) is 10.9 Å². The highest BCUT2D eigenvalue weighted by Crippen LogP contribution is 2.32. The van der Waals surface area contributed by atoms with Gasteiger partial charge in [-0.05, 0) is 23.6 Å². The minimum Gasteiger partial charge on any atom is -0.375 e. The van der Waals surface area contributed by atoms with Crippen LogP contribution in [0.2, 0.25) is 5.02 Å². The van der Waals surface area contributed by atoms with Crippen molar-refractivity contribution in [1.82, 2.24) is 4.98 Å². The van der Waals surface area contributed by atoms with Crippen molar-refractivity contribution in [2.24, 2.45) is 0 Å². The van der Waals surface area contributed by atoms with Crippen LogP contribution in [0.3, 0.4) is 0 Å². The Hall–Kier alpha value is -1.63. The average Bonchev–Trinajstić information content (AvgIpc) is 2.97. The molecule has 0 aliphatic carbocycles. The van der Waals surface area contributed by atoms with Crippen LogP contribution in [-0.2, 0) is 0 Å². The van der Waals surface area contributed by atoms with Gasteiger partial charge in [0.1, 0.15) is 5.52 Å². The molecule has 0 radical (unpaired) electrons. The lowest BCUT2D eigenvalue weighted by Gasteiger charge is -2.04. The standard InChI is InChI=1S/C12H8ClN3OS2/c13-7-4-6(5-9-10(7)16-12(14)19-9)15-11(17)8-2-1-3-18-8/h1-5H,(H2,14,16)(H,15,17). The van der Waals surface area contributed by atoms with Gasteiger partial charge in [0.25, 0.3) is 5.91 Å². The fourth-order valence-electron chi connectivity index (χ4n) is 1.68. The number of halogens is 1. The van der Waals surface area contributed by atoms with Crippen molar-refractivity contribution < 1.29 is 4.79 Å². The van der Waals surface area contributed by atoms with Gasteiger partial charge >= 0.3 is 0 Å². The van der Waals surface area contributed by atoms with Crippen molar-refractivity contribution in [1.29, 1.82) is 0 Å². The lowest BCUT2D eigenvalue weighted by Crippen LogP contribution is -2.09. The highest BCUT2D eigenvalue weighted by Gasteiger charge is 2.11. The first kappa shape index (κ1) is 12.4. The van der Waals surface area contributed by atoms with E-state index in [1.54, 1.807) is 12.1 Å². The predicted molar refractivity (Wildman–Crippen MR) is 81.3 cm³/mol. The first-order valence-electron chi connectivity index (χ1n) is 5.34. The summed E-state index contributed by atoms with van der Waals surface area (Å²) in [5, 5.41) is 5.60. The van der Waals surface area contributed by atoms with E-state index >= 15 is 0 Å². The number of carbonyl (C=O) groups excluding carboxylic acids is 1. The molecular weight excluding hydrogens is 302 g/mol. The number of hydrogen-bond donors (Lipinski definition) is 2. The van der Waals surface area contributed by atoms with Crippen LogP contribution >= 0.6 is 34.3 Å². The Bertz CT molecular complexity index is 752. The van der Waals surface area contributed by atoms with Gasteiger partial charge in [0.2, 0.25) is 0 Å². The van der Waals surface area contributed by atoms with E-state index in [1.807, 2.05) is 17.5 Å². The van der Waals surface area contributed by atoms with Crippen LogP contribution in [0.4, 0.5) is 10.8 Å². The van der Waals surface area contributed by atoms with Crippen LogP contribution in [0.15, 0.2) is 29.6 Å². The Morgan fingerprint density at radius 2 is 2.26 bits per heavy atom. The normalized spacial score (nSPS) is 10.8. The van der Waals surface area contributed by atoms with Gasteiger partial charge < -0.3 is 11.1 Å². The van der Waals surface area contributed by atoms with Gasteiger partial charge in [0.05, 0.1) is 14.6 Å². The summed E-state index contributed by atoms with van der Waals surface area (Å²) in [7, 11) is 0. The molecule has 0 saturated heterocycles. The van der Waals surface area contributed by atoms with Crippen LogP contribution in [0, 0.1) is 0 Å². The van der Waals surface area contributed by atoms with Crippen LogP contribution in [0.1, 0.15) is 9.67 Å². The minimum absolute atomic E-state index is 0.150. The zero-order valence-electron chi connectivity index (χ0n) is 9.51. The fourth-order valence-corrected chi connectivity index (χ4v) is 3.42. The fraction of sp³-hybridized carbons (Fsp3) is 0. The summed E-state index contributed by atoms with van der Waals surface area (Å²) in [6.45, 7) is 0. The van der Waals surface area contributed by atoms with E-state index in [0.717, 1.165) is 4.70 Å². The zero-order valence-corrected chi connectivity index (χ0v) is 11.9. The Morgan fingerprint density at radius 1 is 1.42 bits per heavy atom. The third kappa shape index (κ3) is 2.42. The molecular formula is C12H8ClN3OS2. The molecule has 1 aromatic carbocycles. The van der Waals surface area contributed by atoms with Gasteiger partial charge in [0, 0.05) is 5.69 Å². The maximum absolute atomic E-state index is 11.9. The molecule has 0 atom stereocenters. The van der Waals surface area contributed by atoms with Crippen molar-refractivity contribution in [3.8, 4) is 0 Å². The molecule has 4 nitrogen and oxygen atoms in total. The molecule has 1 amide bonds. The molecule has 96 valence electrons. The Kier molecular flexibility index (Phi) is 3.14. The van der Waals surface area contributed by atoms with Crippen molar-refractivity contribution in [2.45, 2.75) is 0 Å². The molecule has 0 fully saturated rings. The van der Waals surface area contributed by atoms with Crippen molar-refractivity contribution in [3.63, 3.8) is 0 Å². The van der Waals surface area contributed by atoms with Gasteiger partial charge in [-0.2, -0.15) is 0 Å². The zero-order chi connectivity index (χ0) is 13.4. The number of nitrogens with one attached hydrogen (secondary N) is 1. The molecule has 19 heavy (non-hydrogen) atoms. The SMILES string of the molecule is Nc1nc2c(Cl)cc(NC(=O)c3cccs3)cc2s1. The molecule has 2 heterocycles. The molecule has 3 N–H and O–H groups in total. The number of aromatic nitrogens is 1. The third-order valence-corrected chi connectivity index (χ3v) is 4.46. The van der Waals surface area contributed by atoms with Crippen molar-refractivity contribution in [2.75, 3.05) is 11.1 Å². The maximum atomic E-state index is 11.9. The summed E-state index contributed by atoms with van der Waals surface area (Å²) >= 11 is 8.85. The Balaban J connectivity index is 1.95. The van der Waals surface area contributed by atoms with E-state index in [4.69, 9.17) is 17.3 Å². The molecule has 2 aromatic heterocycles. The molecule has 0 aliphatic rings. The van der Waals surface area contributed by atoms with E-state index in [9.17, 15) is 4.79 Å². The summed E-state index contributed by atoms with van der Waals surface area (Å²) in [6.07, 6.45) is 0. The number of thiazole rings is 1. The predicted octanol–water partition coefficient (Wildman–Crippen LogP) is 3.85. The van der Waals surface area contributed by atoms with Gasteiger partial charge in [-0.1, -0.05) is 29.0 Å². The quantitative estimate of drug-likeness (QED) is 0.755. The van der Waals surface area contributed by atoms with E-state index < -0.39 is 0 Å². The lowest BCUT2D eigenvalue weighted by molar-refractivity contribution is 0.103.